The van der Waals surface area contributed by atoms with Crippen molar-refractivity contribution in [3.05, 3.63) is 35.5 Å². The quantitative estimate of drug-likeness (QED) is 0.879. The SMILES string of the molecule is Fc1cc(-c2noc(CC3CCCN3)n2)cc(F)c1F. The molecule has 2 heterocycles. The largest absolute Gasteiger partial charge is 0.339 e. The van der Waals surface area contributed by atoms with Gasteiger partial charge < -0.3 is 9.84 Å². The number of nitrogens with zero attached hydrogens (tertiary/aromatic N) is 2. The molecule has 4 nitrogen and oxygen atoms in total. The molecule has 106 valence electrons. The predicted molar refractivity (Wildman–Crippen MR) is 64.3 cm³/mol. The lowest BCUT2D eigenvalue weighted by molar-refractivity contribution is 0.364. The minimum atomic E-state index is -1.51. The zero-order valence-corrected chi connectivity index (χ0v) is 10.5. The fourth-order valence-corrected chi connectivity index (χ4v) is 2.28. The molecule has 1 saturated heterocycles. The third-order valence-electron chi connectivity index (χ3n) is 3.29. The molecule has 0 saturated carbocycles. The Morgan fingerprint density at radius 3 is 2.65 bits per heavy atom. The average molecular weight is 283 g/mol. The maximum absolute atomic E-state index is 13.1. The molecule has 20 heavy (non-hydrogen) atoms. The first-order valence-electron chi connectivity index (χ1n) is 6.34. The van der Waals surface area contributed by atoms with Crippen molar-refractivity contribution in [2.45, 2.75) is 25.3 Å². The molecule has 1 aromatic carbocycles. The smallest absolute Gasteiger partial charge is 0.228 e. The van der Waals surface area contributed by atoms with Crippen LogP contribution in [-0.2, 0) is 6.42 Å². The van der Waals surface area contributed by atoms with Crippen LogP contribution in [0.15, 0.2) is 16.7 Å². The molecule has 1 aliphatic heterocycles. The van der Waals surface area contributed by atoms with Gasteiger partial charge in [-0.2, -0.15) is 4.98 Å². The van der Waals surface area contributed by atoms with E-state index in [0.717, 1.165) is 31.5 Å². The highest BCUT2D eigenvalue weighted by Gasteiger charge is 2.19. The number of hydrogen-bond acceptors (Lipinski definition) is 4. The molecular weight excluding hydrogens is 271 g/mol. The van der Waals surface area contributed by atoms with Crippen LogP contribution in [0.1, 0.15) is 18.7 Å². The summed E-state index contributed by atoms with van der Waals surface area (Å²) in [7, 11) is 0. The Kier molecular flexibility index (Phi) is 3.43. The fourth-order valence-electron chi connectivity index (χ4n) is 2.28. The van der Waals surface area contributed by atoms with Crippen LogP contribution in [0.3, 0.4) is 0 Å². The maximum atomic E-state index is 13.1. The van der Waals surface area contributed by atoms with E-state index in [0.29, 0.717) is 12.3 Å². The molecule has 1 unspecified atom stereocenters. The van der Waals surface area contributed by atoms with Crippen LogP contribution in [0.2, 0.25) is 0 Å². The average Bonchev–Trinajstić information content (AvgIpc) is 3.07. The normalized spacial score (nSPS) is 18.6. The monoisotopic (exact) mass is 283 g/mol. The topological polar surface area (TPSA) is 51.0 Å². The van der Waals surface area contributed by atoms with Gasteiger partial charge in [-0.25, -0.2) is 13.2 Å². The first-order chi connectivity index (χ1) is 9.63. The molecule has 0 amide bonds. The molecule has 7 heteroatoms. The summed E-state index contributed by atoms with van der Waals surface area (Å²) < 4.78 is 44.2. The molecule has 1 N–H and O–H groups in total. The Labute approximate surface area is 113 Å². The van der Waals surface area contributed by atoms with Gasteiger partial charge in [0.2, 0.25) is 11.7 Å². The molecule has 1 aliphatic rings. The summed E-state index contributed by atoms with van der Waals surface area (Å²) in [5, 5.41) is 6.95. The van der Waals surface area contributed by atoms with Crippen molar-refractivity contribution < 1.29 is 17.7 Å². The number of hydrogen-bond donors (Lipinski definition) is 1. The Morgan fingerprint density at radius 1 is 1.25 bits per heavy atom. The van der Waals surface area contributed by atoms with Gasteiger partial charge in [0.05, 0.1) is 0 Å². The maximum Gasteiger partial charge on any atom is 0.228 e. The highest BCUT2D eigenvalue weighted by Crippen LogP contribution is 2.22. The molecule has 1 aromatic heterocycles. The summed E-state index contributed by atoms with van der Waals surface area (Å²) in [6.45, 7) is 0.958. The summed E-state index contributed by atoms with van der Waals surface area (Å²) in [5.41, 5.74) is 0.0516. The van der Waals surface area contributed by atoms with Gasteiger partial charge in [-0.1, -0.05) is 5.16 Å². The van der Waals surface area contributed by atoms with E-state index in [1.165, 1.54) is 0 Å². The fraction of sp³-hybridized carbons (Fsp3) is 0.385. The second-order valence-electron chi connectivity index (χ2n) is 4.76. The van der Waals surface area contributed by atoms with E-state index >= 15 is 0 Å². The number of nitrogens with one attached hydrogen (secondary N) is 1. The minimum absolute atomic E-state index is 0.0516. The highest BCUT2D eigenvalue weighted by molar-refractivity contribution is 5.54. The van der Waals surface area contributed by atoms with Crippen LogP contribution in [-0.4, -0.2) is 22.7 Å². The number of aromatic nitrogens is 2. The van der Waals surface area contributed by atoms with E-state index in [4.69, 9.17) is 4.52 Å². The van der Waals surface area contributed by atoms with Gasteiger partial charge in [0.1, 0.15) is 0 Å². The lowest BCUT2D eigenvalue weighted by atomic mass is 10.1. The molecule has 1 atom stereocenters. The van der Waals surface area contributed by atoms with Crippen molar-refractivity contribution in [3.63, 3.8) is 0 Å². The summed E-state index contributed by atoms with van der Waals surface area (Å²) >= 11 is 0. The lowest BCUT2D eigenvalue weighted by Gasteiger charge is -2.04. The standard InChI is InChI=1S/C13H12F3N3O/c14-9-4-7(5-10(15)12(9)16)13-18-11(20-19-13)6-8-2-1-3-17-8/h4-5,8,17H,1-3,6H2. The van der Waals surface area contributed by atoms with Gasteiger partial charge in [0.15, 0.2) is 17.5 Å². The Hall–Kier alpha value is -1.89. The van der Waals surface area contributed by atoms with Gasteiger partial charge in [0.25, 0.3) is 0 Å². The van der Waals surface area contributed by atoms with Crippen molar-refractivity contribution >= 4 is 0 Å². The van der Waals surface area contributed by atoms with Crippen LogP contribution in [0, 0.1) is 17.5 Å². The van der Waals surface area contributed by atoms with Gasteiger partial charge in [-0.05, 0) is 31.5 Å². The van der Waals surface area contributed by atoms with Crippen molar-refractivity contribution in [3.8, 4) is 11.4 Å². The zero-order valence-electron chi connectivity index (χ0n) is 10.5. The minimum Gasteiger partial charge on any atom is -0.339 e. The van der Waals surface area contributed by atoms with Crippen LogP contribution in [0.25, 0.3) is 11.4 Å². The van der Waals surface area contributed by atoms with Crippen molar-refractivity contribution in [2.75, 3.05) is 6.54 Å². The van der Waals surface area contributed by atoms with Gasteiger partial charge in [-0.3, -0.25) is 0 Å². The van der Waals surface area contributed by atoms with E-state index in [1.54, 1.807) is 0 Å². The van der Waals surface area contributed by atoms with Crippen LogP contribution >= 0.6 is 0 Å². The third kappa shape index (κ3) is 2.53. The van der Waals surface area contributed by atoms with Gasteiger partial charge in [0, 0.05) is 18.0 Å². The highest BCUT2D eigenvalue weighted by atomic mass is 19.2. The third-order valence-corrected chi connectivity index (χ3v) is 3.29. The molecule has 1 fully saturated rings. The molecule has 0 radical (unpaired) electrons. The lowest BCUT2D eigenvalue weighted by Crippen LogP contribution is -2.23. The number of benzene rings is 1. The zero-order chi connectivity index (χ0) is 14.1. The van der Waals surface area contributed by atoms with Crippen molar-refractivity contribution in [2.24, 2.45) is 0 Å². The van der Waals surface area contributed by atoms with Gasteiger partial charge >= 0.3 is 0 Å². The molecular formula is C13H12F3N3O. The molecule has 0 spiro atoms. The Morgan fingerprint density at radius 2 is 2.00 bits per heavy atom. The van der Waals surface area contributed by atoms with Crippen LogP contribution in [0.5, 0.6) is 0 Å². The predicted octanol–water partition coefficient (Wildman–Crippen LogP) is 2.45. The molecule has 3 rings (SSSR count). The first kappa shape index (κ1) is 13.1. The van der Waals surface area contributed by atoms with E-state index in [1.807, 2.05) is 0 Å². The van der Waals surface area contributed by atoms with Crippen LogP contribution in [0.4, 0.5) is 13.2 Å². The summed E-state index contributed by atoms with van der Waals surface area (Å²) in [4.78, 5) is 4.08. The summed E-state index contributed by atoms with van der Waals surface area (Å²) in [6, 6.07) is 1.98. The Balaban J connectivity index is 1.82. The van der Waals surface area contributed by atoms with Crippen LogP contribution < -0.4 is 5.32 Å². The molecule has 2 aromatic rings. The van der Waals surface area contributed by atoms with E-state index in [9.17, 15) is 13.2 Å². The van der Waals surface area contributed by atoms with Crippen molar-refractivity contribution in [1.29, 1.82) is 0 Å². The summed E-state index contributed by atoms with van der Waals surface area (Å²) in [6.07, 6.45) is 2.69. The first-order valence-corrected chi connectivity index (χ1v) is 6.34. The van der Waals surface area contributed by atoms with Gasteiger partial charge in [-0.15, -0.1) is 0 Å². The molecule has 0 aliphatic carbocycles. The number of halogens is 3. The van der Waals surface area contributed by atoms with E-state index in [2.05, 4.69) is 15.5 Å². The Bertz CT molecular complexity index is 600. The van der Waals surface area contributed by atoms with E-state index in [-0.39, 0.29) is 17.4 Å². The summed E-state index contributed by atoms with van der Waals surface area (Å²) in [5.74, 6) is -3.61. The van der Waals surface area contributed by atoms with E-state index < -0.39 is 17.5 Å². The molecule has 0 bridgehead atoms. The van der Waals surface area contributed by atoms with Crippen molar-refractivity contribution in [1.82, 2.24) is 15.5 Å². The number of rotatable bonds is 3. The second kappa shape index (κ2) is 5.24. The second-order valence-corrected chi connectivity index (χ2v) is 4.76.